The molecule has 3 fully saturated rings. The third kappa shape index (κ3) is 8.19. The number of fused-ring (bicyclic) bond motifs is 5. The number of nitrogens with one attached hydrogen (secondary N) is 1. The van der Waals surface area contributed by atoms with Crippen molar-refractivity contribution in [1.29, 1.82) is 0 Å². The number of methoxy groups -OCH3 is 1. The molecule has 1 heterocycles. The zero-order valence-corrected chi connectivity index (χ0v) is 41.2. The van der Waals surface area contributed by atoms with Gasteiger partial charge in [0, 0.05) is 119 Å². The molecule has 9 unspecified atom stereocenters. The van der Waals surface area contributed by atoms with Gasteiger partial charge in [-0.3, -0.25) is 4.79 Å². The summed E-state index contributed by atoms with van der Waals surface area (Å²) < 4.78 is 27.5. The molecule has 1 aromatic carbocycles. The number of rotatable bonds is 10. The normalized spacial score (nSPS) is 34.9. The summed E-state index contributed by atoms with van der Waals surface area (Å²) in [5.74, 6) is -4.99. The Kier molecular flexibility index (Phi) is 16.1. The standard InChI is InChI=1S/C37H51NO14.2Ac/c1-18(2)25(38-33(45)49-14-13-48-7)27(41)32(44)51-21-16-37(47)30(52-31(43)20-11-9-8-10-12-20)28-35(6,22(39)15-23-36(28,46)17-50-23)29(42)26(40)24(19(21)3)34(37,4)5;;/h8-12,18,21-23,25-28,30,39-41,46-47H,13-17H2,1-7H3,(H,38,45);;/t21?,22?,23?,25?,26?,27?,28?,30?,35-,36+,37?;;/m1../s1. The number of amides is 1. The van der Waals surface area contributed by atoms with Gasteiger partial charge in [0.1, 0.15) is 36.1 Å². The van der Waals surface area contributed by atoms with Crippen molar-refractivity contribution in [3.8, 4) is 0 Å². The van der Waals surface area contributed by atoms with E-state index in [-0.39, 0.29) is 131 Å². The van der Waals surface area contributed by atoms with Crippen LogP contribution in [0.25, 0.3) is 0 Å². The van der Waals surface area contributed by atoms with Gasteiger partial charge >= 0.3 is 18.0 Å². The molecule has 2 radical (unpaired) electrons. The van der Waals surface area contributed by atoms with Crippen molar-refractivity contribution in [2.24, 2.45) is 22.7 Å². The number of benzene rings is 1. The molecule has 2 saturated carbocycles. The molecule has 11 atom stereocenters. The molecule has 0 spiro atoms. The maximum Gasteiger partial charge on any atom is 0.407 e. The van der Waals surface area contributed by atoms with E-state index in [2.05, 4.69) is 5.32 Å². The summed E-state index contributed by atoms with van der Waals surface area (Å²) in [5.41, 5.74) is -7.46. The first-order valence-corrected chi connectivity index (χ1v) is 17.5. The summed E-state index contributed by atoms with van der Waals surface area (Å²) in [6.45, 7) is 9.03. The molecule has 0 aromatic heterocycles. The van der Waals surface area contributed by atoms with Crippen molar-refractivity contribution < 1.29 is 157 Å². The second-order valence-corrected chi connectivity index (χ2v) is 15.5. The van der Waals surface area contributed by atoms with Crippen LogP contribution in [-0.4, -0.2) is 130 Å². The average molecular weight is 1190 g/mol. The van der Waals surface area contributed by atoms with E-state index in [1.54, 1.807) is 45.9 Å². The Morgan fingerprint density at radius 2 is 1.65 bits per heavy atom. The summed E-state index contributed by atoms with van der Waals surface area (Å²) in [7, 11) is 1.43. The summed E-state index contributed by atoms with van der Waals surface area (Å²) in [6.07, 6.45) is -11.1. The van der Waals surface area contributed by atoms with E-state index in [1.165, 1.54) is 33.1 Å². The van der Waals surface area contributed by atoms with E-state index in [0.717, 1.165) is 0 Å². The maximum atomic E-state index is 14.6. The number of ketones is 1. The Hall–Kier alpha value is -0.557. The van der Waals surface area contributed by atoms with Crippen LogP contribution in [0.5, 0.6) is 0 Å². The third-order valence-electron chi connectivity index (χ3n) is 12.0. The van der Waals surface area contributed by atoms with Crippen molar-refractivity contribution in [3.05, 3.63) is 47.0 Å². The van der Waals surface area contributed by atoms with E-state index < -0.39 is 107 Å². The van der Waals surface area contributed by atoms with Crippen LogP contribution >= 0.6 is 0 Å². The van der Waals surface area contributed by atoms with Gasteiger partial charge in [-0.05, 0) is 43.0 Å². The van der Waals surface area contributed by atoms with Crippen LogP contribution in [0.1, 0.15) is 64.7 Å². The van der Waals surface area contributed by atoms with Crippen LogP contribution in [0.15, 0.2) is 41.5 Å². The maximum absolute atomic E-state index is 14.6. The number of Topliss-reactive ketones (excluding diaryl/α,β-unsaturated/α-hetero) is 1. The number of alkyl carbamates (subject to hydrolysis) is 1. The number of aliphatic hydroxyl groups is 5. The number of aliphatic hydroxyl groups excluding tert-OH is 3. The first-order chi connectivity index (χ1) is 24.3. The van der Waals surface area contributed by atoms with Crippen LogP contribution in [0.4, 0.5) is 4.79 Å². The Morgan fingerprint density at radius 1 is 1.02 bits per heavy atom. The molecule has 2 bridgehead atoms. The predicted molar refractivity (Wildman–Crippen MR) is 180 cm³/mol. The second-order valence-electron chi connectivity index (χ2n) is 15.5. The molecule has 1 aromatic rings. The van der Waals surface area contributed by atoms with Gasteiger partial charge in [-0.25, -0.2) is 14.4 Å². The fraction of sp³-hybridized carbons (Fsp3) is 0.676. The summed E-state index contributed by atoms with van der Waals surface area (Å²) in [5, 5.41) is 62.5. The van der Waals surface area contributed by atoms with Crippen LogP contribution < -0.4 is 5.32 Å². The fourth-order valence-corrected chi connectivity index (χ4v) is 8.74. The zero-order chi connectivity index (χ0) is 38.6. The number of ether oxygens (including phenoxy) is 5. The van der Waals surface area contributed by atoms with Crippen molar-refractivity contribution in [1.82, 2.24) is 5.32 Å². The first-order valence-electron chi connectivity index (χ1n) is 17.5. The quantitative estimate of drug-likeness (QED) is 0.0827. The minimum Gasteiger partial charge on any atom is -0.456 e. The molecule has 15 nitrogen and oxygen atoms in total. The predicted octanol–water partition coefficient (Wildman–Crippen LogP) is 0.820. The topological polar surface area (TPSA) is 228 Å². The molecule has 1 saturated heterocycles. The van der Waals surface area contributed by atoms with Crippen molar-refractivity contribution in [2.45, 2.75) is 108 Å². The zero-order valence-electron chi connectivity index (χ0n) is 31.7. The minimum absolute atomic E-state index is 0. The van der Waals surface area contributed by atoms with Gasteiger partial charge in [0.05, 0.1) is 42.4 Å². The van der Waals surface area contributed by atoms with Gasteiger partial charge in [0.25, 0.3) is 0 Å². The molecule has 54 heavy (non-hydrogen) atoms. The van der Waals surface area contributed by atoms with Crippen molar-refractivity contribution >= 4 is 23.8 Å². The van der Waals surface area contributed by atoms with E-state index in [4.69, 9.17) is 23.7 Å². The summed E-state index contributed by atoms with van der Waals surface area (Å²) >= 11 is 0. The first kappa shape index (κ1) is 47.8. The van der Waals surface area contributed by atoms with Crippen molar-refractivity contribution in [2.75, 3.05) is 26.9 Å². The van der Waals surface area contributed by atoms with Gasteiger partial charge in [-0.15, -0.1) is 0 Å². The summed E-state index contributed by atoms with van der Waals surface area (Å²) in [6, 6.07) is 6.70. The molecule has 1 amide bonds. The van der Waals surface area contributed by atoms with Crippen LogP contribution in [0, 0.1) is 111 Å². The van der Waals surface area contributed by atoms with E-state index >= 15 is 0 Å². The average Bonchev–Trinajstić information content (AvgIpc) is 3.09. The van der Waals surface area contributed by atoms with Crippen LogP contribution in [0.3, 0.4) is 0 Å². The van der Waals surface area contributed by atoms with Gasteiger partial charge in [0.15, 0.2) is 11.9 Å². The van der Waals surface area contributed by atoms with Gasteiger partial charge < -0.3 is 54.5 Å². The fourth-order valence-electron chi connectivity index (χ4n) is 8.74. The summed E-state index contributed by atoms with van der Waals surface area (Å²) in [4.78, 5) is 54.5. The SMILES string of the molecule is COCCOC(=O)NC(C(C)C)C(O)C(=O)OC1CC2(O)C(OC(=O)c3ccccc3)C3[C@]4(O)COC4CC(O)[C@@]3(C)C(=O)C(O)C(=C1C)C2(C)C.[Ac].[Ac]. The Bertz CT molecular complexity index is 1590. The third-order valence-corrected chi connectivity index (χ3v) is 12.0. The Morgan fingerprint density at radius 3 is 2.20 bits per heavy atom. The molecule has 6 N–H and O–H groups in total. The molecule has 294 valence electrons. The molecule has 4 aliphatic rings. The molecular weight excluding hydrogens is 1140 g/mol. The number of esters is 2. The van der Waals surface area contributed by atoms with Crippen LogP contribution in [0.2, 0.25) is 0 Å². The van der Waals surface area contributed by atoms with Crippen LogP contribution in [-0.2, 0) is 33.3 Å². The number of carbonyl (C=O) groups excluding carboxylic acids is 4. The van der Waals surface area contributed by atoms with Gasteiger partial charge in [0.2, 0.25) is 0 Å². The van der Waals surface area contributed by atoms with E-state index in [9.17, 15) is 44.7 Å². The molecule has 17 heteroatoms. The second kappa shape index (κ2) is 18.2. The number of hydrogen-bond donors (Lipinski definition) is 6. The molecule has 1 aliphatic heterocycles. The molecule has 5 rings (SSSR count). The largest absolute Gasteiger partial charge is 0.456 e. The number of carbonyl (C=O) groups is 4. The monoisotopic (exact) mass is 1190 g/mol. The Balaban J connectivity index is 0.00000392. The van der Waals surface area contributed by atoms with E-state index in [1.807, 2.05) is 0 Å². The van der Waals surface area contributed by atoms with E-state index in [0.29, 0.717) is 0 Å². The smallest absolute Gasteiger partial charge is 0.407 e. The van der Waals surface area contributed by atoms with Gasteiger partial charge in [-0.1, -0.05) is 45.9 Å². The van der Waals surface area contributed by atoms with Gasteiger partial charge in [-0.2, -0.15) is 0 Å². The van der Waals surface area contributed by atoms with Crippen molar-refractivity contribution in [3.63, 3.8) is 0 Å². The number of hydrogen-bond acceptors (Lipinski definition) is 14. The minimum atomic E-state index is -2.29. The molecule has 3 aliphatic carbocycles. The molecular formula is C37H51Ac2NO14. The Labute approximate surface area is 386 Å².